The first-order valence-corrected chi connectivity index (χ1v) is 6.44. The minimum Gasteiger partial charge on any atom is -0.496 e. The molecule has 0 spiro atoms. The van der Waals surface area contributed by atoms with Gasteiger partial charge in [-0.15, -0.1) is 0 Å². The molecule has 0 atom stereocenters. The number of hydrogen-bond donors (Lipinski definition) is 0. The molecule has 104 valence electrons. The van der Waals surface area contributed by atoms with Crippen molar-refractivity contribution in [1.29, 1.82) is 0 Å². The Morgan fingerprint density at radius 2 is 1.85 bits per heavy atom. The molecule has 0 aliphatic rings. The summed E-state index contributed by atoms with van der Waals surface area (Å²) in [4.78, 5) is 12.3. The molecule has 2 aromatic carbocycles. The molecule has 0 heterocycles. The van der Waals surface area contributed by atoms with Crippen LogP contribution >= 0.6 is 0 Å². The number of halogens is 1. The van der Waals surface area contributed by atoms with Crippen molar-refractivity contribution in [1.82, 2.24) is 0 Å². The van der Waals surface area contributed by atoms with Crippen LogP contribution in [0.4, 0.5) is 4.39 Å². The van der Waals surface area contributed by atoms with E-state index in [2.05, 4.69) is 0 Å². The average molecular weight is 272 g/mol. The summed E-state index contributed by atoms with van der Waals surface area (Å²) in [5.41, 5.74) is 3.18. The Morgan fingerprint density at radius 3 is 2.50 bits per heavy atom. The van der Waals surface area contributed by atoms with Gasteiger partial charge in [-0.3, -0.25) is 4.79 Å². The van der Waals surface area contributed by atoms with E-state index in [0.717, 1.165) is 22.4 Å². The molecule has 2 rings (SSSR count). The molecule has 0 fully saturated rings. The van der Waals surface area contributed by atoms with Crippen LogP contribution in [0.25, 0.3) is 0 Å². The predicted molar refractivity (Wildman–Crippen MR) is 76.9 cm³/mol. The van der Waals surface area contributed by atoms with Crippen molar-refractivity contribution >= 4 is 5.78 Å². The molecule has 0 saturated heterocycles. The molecule has 2 nitrogen and oxygen atoms in total. The third-order valence-corrected chi connectivity index (χ3v) is 3.38. The van der Waals surface area contributed by atoms with Gasteiger partial charge in [-0.05, 0) is 60.9 Å². The topological polar surface area (TPSA) is 26.3 Å². The van der Waals surface area contributed by atoms with Crippen LogP contribution in [-0.4, -0.2) is 12.9 Å². The highest BCUT2D eigenvalue weighted by molar-refractivity contribution is 5.98. The van der Waals surface area contributed by atoms with Gasteiger partial charge in [0, 0.05) is 12.0 Å². The number of rotatable bonds is 4. The standard InChI is InChI=1S/C17H17FO2/c1-11-4-6-15(18)9-14(11)10-16(19)13-5-7-17(20-3)12(2)8-13/h4-9H,10H2,1-3H3. The summed E-state index contributed by atoms with van der Waals surface area (Å²) >= 11 is 0. The van der Waals surface area contributed by atoms with Gasteiger partial charge in [-0.1, -0.05) is 6.07 Å². The second kappa shape index (κ2) is 5.87. The first-order chi connectivity index (χ1) is 9.51. The summed E-state index contributed by atoms with van der Waals surface area (Å²) in [6.45, 7) is 3.77. The molecule has 0 saturated carbocycles. The highest BCUT2D eigenvalue weighted by Crippen LogP contribution is 2.20. The van der Waals surface area contributed by atoms with Crippen LogP contribution in [-0.2, 0) is 6.42 Å². The predicted octanol–water partition coefficient (Wildman–Crippen LogP) is 3.88. The number of hydrogen-bond acceptors (Lipinski definition) is 2. The molecule has 0 aromatic heterocycles. The van der Waals surface area contributed by atoms with E-state index in [9.17, 15) is 9.18 Å². The molecule has 20 heavy (non-hydrogen) atoms. The van der Waals surface area contributed by atoms with Crippen molar-refractivity contribution in [3.8, 4) is 5.75 Å². The molecular weight excluding hydrogens is 255 g/mol. The highest BCUT2D eigenvalue weighted by atomic mass is 19.1. The monoisotopic (exact) mass is 272 g/mol. The number of carbonyl (C=O) groups is 1. The molecule has 3 heteroatoms. The lowest BCUT2D eigenvalue weighted by atomic mass is 9.98. The molecule has 2 aromatic rings. The van der Waals surface area contributed by atoms with Gasteiger partial charge < -0.3 is 4.74 Å². The second-order valence-corrected chi connectivity index (χ2v) is 4.86. The number of aryl methyl sites for hydroxylation is 2. The minimum atomic E-state index is -0.315. The summed E-state index contributed by atoms with van der Waals surface area (Å²) in [5, 5.41) is 0. The van der Waals surface area contributed by atoms with Crippen molar-refractivity contribution in [2.45, 2.75) is 20.3 Å². The maximum absolute atomic E-state index is 13.2. The lowest BCUT2D eigenvalue weighted by Crippen LogP contribution is -2.06. The van der Waals surface area contributed by atoms with E-state index in [0.29, 0.717) is 5.56 Å². The number of benzene rings is 2. The van der Waals surface area contributed by atoms with E-state index in [1.54, 1.807) is 31.4 Å². The van der Waals surface area contributed by atoms with Crippen LogP contribution in [0.3, 0.4) is 0 Å². The molecule has 0 N–H and O–H groups in total. The van der Waals surface area contributed by atoms with Crippen molar-refractivity contribution in [3.05, 3.63) is 64.5 Å². The van der Waals surface area contributed by atoms with E-state index in [-0.39, 0.29) is 18.0 Å². The van der Waals surface area contributed by atoms with Crippen LogP contribution in [0.1, 0.15) is 27.0 Å². The summed E-state index contributed by atoms with van der Waals surface area (Å²) in [5.74, 6) is 0.414. The molecule has 0 radical (unpaired) electrons. The number of ketones is 1. The summed E-state index contributed by atoms with van der Waals surface area (Å²) in [6, 6.07) is 9.83. The number of carbonyl (C=O) groups excluding carboxylic acids is 1. The van der Waals surface area contributed by atoms with Gasteiger partial charge in [0.1, 0.15) is 11.6 Å². The van der Waals surface area contributed by atoms with E-state index < -0.39 is 0 Å². The lowest BCUT2D eigenvalue weighted by Gasteiger charge is -2.08. The van der Waals surface area contributed by atoms with Crippen molar-refractivity contribution < 1.29 is 13.9 Å². The van der Waals surface area contributed by atoms with Crippen LogP contribution < -0.4 is 4.74 Å². The third kappa shape index (κ3) is 3.05. The average Bonchev–Trinajstić information content (AvgIpc) is 2.42. The summed E-state index contributed by atoms with van der Waals surface area (Å²) < 4.78 is 18.4. The lowest BCUT2D eigenvalue weighted by molar-refractivity contribution is 0.0992. The van der Waals surface area contributed by atoms with Gasteiger partial charge in [0.2, 0.25) is 0 Å². The van der Waals surface area contributed by atoms with E-state index in [1.165, 1.54) is 12.1 Å². The van der Waals surface area contributed by atoms with Gasteiger partial charge in [-0.25, -0.2) is 4.39 Å². The third-order valence-electron chi connectivity index (χ3n) is 3.38. The normalized spacial score (nSPS) is 10.4. The number of methoxy groups -OCH3 is 1. The smallest absolute Gasteiger partial charge is 0.167 e. The van der Waals surface area contributed by atoms with E-state index in [1.807, 2.05) is 13.8 Å². The Morgan fingerprint density at radius 1 is 1.10 bits per heavy atom. The Labute approximate surface area is 118 Å². The SMILES string of the molecule is COc1ccc(C(=O)Cc2cc(F)ccc2C)cc1C. The van der Waals surface area contributed by atoms with Gasteiger partial charge in [0.15, 0.2) is 5.78 Å². The molecular formula is C17H17FO2. The van der Waals surface area contributed by atoms with Crippen LogP contribution in [0.15, 0.2) is 36.4 Å². The Kier molecular flexibility index (Phi) is 4.18. The minimum absolute atomic E-state index is 0.0237. The number of Topliss-reactive ketones (excluding diaryl/α,β-unsaturated/α-hetero) is 1. The Balaban J connectivity index is 2.24. The number of ether oxygens (including phenoxy) is 1. The van der Waals surface area contributed by atoms with Crippen molar-refractivity contribution in [3.63, 3.8) is 0 Å². The van der Waals surface area contributed by atoms with Gasteiger partial charge in [0.25, 0.3) is 0 Å². The fourth-order valence-corrected chi connectivity index (χ4v) is 2.16. The Bertz CT molecular complexity index is 647. The van der Waals surface area contributed by atoms with Crippen LogP contribution in [0, 0.1) is 19.7 Å². The Hall–Kier alpha value is -2.16. The van der Waals surface area contributed by atoms with Crippen LogP contribution in [0.5, 0.6) is 5.75 Å². The molecule has 0 aliphatic carbocycles. The fraction of sp³-hybridized carbons (Fsp3) is 0.235. The molecule has 0 amide bonds. The zero-order valence-corrected chi connectivity index (χ0v) is 11.9. The molecule has 0 unspecified atom stereocenters. The van der Waals surface area contributed by atoms with Crippen molar-refractivity contribution in [2.24, 2.45) is 0 Å². The molecule has 0 aliphatic heterocycles. The highest BCUT2D eigenvalue weighted by Gasteiger charge is 2.11. The maximum atomic E-state index is 13.2. The summed E-state index contributed by atoms with van der Waals surface area (Å²) in [6.07, 6.45) is 0.204. The molecule has 0 bridgehead atoms. The first-order valence-electron chi connectivity index (χ1n) is 6.44. The first kappa shape index (κ1) is 14.3. The van der Waals surface area contributed by atoms with Crippen molar-refractivity contribution in [2.75, 3.05) is 7.11 Å². The zero-order chi connectivity index (χ0) is 14.7. The van der Waals surface area contributed by atoms with Gasteiger partial charge >= 0.3 is 0 Å². The largest absolute Gasteiger partial charge is 0.496 e. The van der Waals surface area contributed by atoms with Gasteiger partial charge in [0.05, 0.1) is 7.11 Å². The van der Waals surface area contributed by atoms with Crippen LogP contribution in [0.2, 0.25) is 0 Å². The van der Waals surface area contributed by atoms with Gasteiger partial charge in [-0.2, -0.15) is 0 Å². The summed E-state index contributed by atoms with van der Waals surface area (Å²) in [7, 11) is 1.60. The fourth-order valence-electron chi connectivity index (χ4n) is 2.16. The second-order valence-electron chi connectivity index (χ2n) is 4.86. The quantitative estimate of drug-likeness (QED) is 0.790. The zero-order valence-electron chi connectivity index (χ0n) is 11.9. The maximum Gasteiger partial charge on any atom is 0.167 e. The van der Waals surface area contributed by atoms with E-state index in [4.69, 9.17) is 4.74 Å². The van der Waals surface area contributed by atoms with E-state index >= 15 is 0 Å².